The van der Waals surface area contributed by atoms with Gasteiger partial charge in [0.2, 0.25) is 11.8 Å². The summed E-state index contributed by atoms with van der Waals surface area (Å²) in [5.74, 6) is -0.188. The van der Waals surface area contributed by atoms with Gasteiger partial charge in [0, 0.05) is 20.2 Å². The normalized spacial score (nSPS) is 29.0. The van der Waals surface area contributed by atoms with Gasteiger partial charge in [-0.2, -0.15) is 0 Å². The molecule has 0 spiro atoms. The summed E-state index contributed by atoms with van der Waals surface area (Å²) >= 11 is 0. The maximum Gasteiger partial charge on any atom is 0.248 e. The summed E-state index contributed by atoms with van der Waals surface area (Å²) in [5.41, 5.74) is 0. The number of ether oxygens (including phenoxy) is 1. The SMILES string of the molecule is CNC1CN(C(=O)COC)CC2CCC[C@@H](C(C)=O)N2C1=O. The van der Waals surface area contributed by atoms with E-state index in [-0.39, 0.29) is 36.3 Å². The van der Waals surface area contributed by atoms with Gasteiger partial charge in [-0.25, -0.2) is 0 Å². The summed E-state index contributed by atoms with van der Waals surface area (Å²) in [6.07, 6.45) is 2.43. The van der Waals surface area contributed by atoms with Crippen molar-refractivity contribution in [2.45, 2.75) is 44.3 Å². The first-order valence-corrected chi connectivity index (χ1v) is 7.76. The third-order valence-electron chi connectivity index (χ3n) is 4.57. The van der Waals surface area contributed by atoms with Gasteiger partial charge >= 0.3 is 0 Å². The zero-order valence-electron chi connectivity index (χ0n) is 13.5. The van der Waals surface area contributed by atoms with Crippen molar-refractivity contribution in [1.82, 2.24) is 15.1 Å². The van der Waals surface area contributed by atoms with Crippen LogP contribution in [0.2, 0.25) is 0 Å². The molecule has 2 saturated heterocycles. The molecular formula is C15H25N3O4. The molecule has 2 rings (SSSR count). The summed E-state index contributed by atoms with van der Waals surface area (Å²) in [7, 11) is 3.18. The first-order chi connectivity index (χ1) is 10.5. The Morgan fingerprint density at radius 1 is 1.32 bits per heavy atom. The van der Waals surface area contributed by atoms with E-state index in [2.05, 4.69) is 5.32 Å². The number of piperidine rings is 1. The molecule has 2 aliphatic rings. The van der Waals surface area contributed by atoms with E-state index in [9.17, 15) is 14.4 Å². The highest BCUT2D eigenvalue weighted by molar-refractivity contribution is 5.91. The average Bonchev–Trinajstić information content (AvgIpc) is 2.64. The van der Waals surface area contributed by atoms with Gasteiger partial charge in [0.25, 0.3) is 0 Å². The maximum atomic E-state index is 12.8. The molecule has 0 bridgehead atoms. The van der Waals surface area contributed by atoms with Crippen LogP contribution in [0, 0.1) is 0 Å². The van der Waals surface area contributed by atoms with Crippen molar-refractivity contribution in [3.05, 3.63) is 0 Å². The highest BCUT2D eigenvalue weighted by Crippen LogP contribution is 2.27. The number of rotatable bonds is 4. The second-order valence-corrected chi connectivity index (χ2v) is 6.03. The molecule has 2 unspecified atom stereocenters. The van der Waals surface area contributed by atoms with Crippen LogP contribution in [0.25, 0.3) is 0 Å². The van der Waals surface area contributed by atoms with Crippen LogP contribution in [0.4, 0.5) is 0 Å². The minimum absolute atomic E-state index is 0.00742. The Bertz CT molecular complexity index is 454. The van der Waals surface area contributed by atoms with Crippen LogP contribution in [0.5, 0.6) is 0 Å². The zero-order chi connectivity index (χ0) is 16.3. The summed E-state index contributed by atoms with van der Waals surface area (Å²) in [6.45, 7) is 2.33. The molecule has 0 saturated carbocycles. The molecule has 124 valence electrons. The minimum atomic E-state index is -0.481. The lowest BCUT2D eigenvalue weighted by atomic mass is 9.93. The van der Waals surface area contributed by atoms with E-state index >= 15 is 0 Å². The fourth-order valence-corrected chi connectivity index (χ4v) is 3.43. The van der Waals surface area contributed by atoms with Gasteiger partial charge in [-0.05, 0) is 33.2 Å². The van der Waals surface area contributed by atoms with Crippen molar-refractivity contribution in [3.63, 3.8) is 0 Å². The van der Waals surface area contributed by atoms with Crippen molar-refractivity contribution in [1.29, 1.82) is 0 Å². The van der Waals surface area contributed by atoms with Gasteiger partial charge in [0.1, 0.15) is 12.6 Å². The lowest BCUT2D eigenvalue weighted by Gasteiger charge is -2.41. The Morgan fingerprint density at radius 2 is 2.05 bits per heavy atom. The maximum absolute atomic E-state index is 12.8. The molecule has 7 nitrogen and oxygen atoms in total. The number of hydrogen-bond donors (Lipinski definition) is 1. The Hall–Kier alpha value is -1.47. The highest BCUT2D eigenvalue weighted by Gasteiger charge is 2.43. The molecule has 2 fully saturated rings. The van der Waals surface area contributed by atoms with E-state index in [1.807, 2.05) is 0 Å². The van der Waals surface area contributed by atoms with Crippen molar-refractivity contribution < 1.29 is 19.1 Å². The van der Waals surface area contributed by atoms with E-state index in [4.69, 9.17) is 4.74 Å². The topological polar surface area (TPSA) is 79.0 Å². The number of nitrogens with zero attached hydrogens (tertiary/aromatic N) is 2. The van der Waals surface area contributed by atoms with Crippen LogP contribution in [0.3, 0.4) is 0 Å². The van der Waals surface area contributed by atoms with Crippen molar-refractivity contribution in [2.75, 3.05) is 33.9 Å². The highest BCUT2D eigenvalue weighted by atomic mass is 16.5. The number of ketones is 1. The van der Waals surface area contributed by atoms with Gasteiger partial charge in [0.05, 0.1) is 12.1 Å². The molecule has 1 N–H and O–H groups in total. The van der Waals surface area contributed by atoms with Gasteiger partial charge in [0.15, 0.2) is 5.78 Å². The second kappa shape index (κ2) is 7.19. The molecule has 0 radical (unpaired) electrons. The number of methoxy groups -OCH3 is 1. The summed E-state index contributed by atoms with van der Waals surface area (Å²) in [6, 6.07) is -0.931. The molecular weight excluding hydrogens is 286 g/mol. The lowest BCUT2D eigenvalue weighted by Crippen LogP contribution is -2.57. The van der Waals surface area contributed by atoms with Crippen molar-refractivity contribution in [3.8, 4) is 0 Å². The van der Waals surface area contributed by atoms with Crippen molar-refractivity contribution >= 4 is 17.6 Å². The van der Waals surface area contributed by atoms with Crippen LogP contribution in [0.15, 0.2) is 0 Å². The average molecular weight is 311 g/mol. The van der Waals surface area contributed by atoms with Gasteiger partial charge in [-0.15, -0.1) is 0 Å². The van der Waals surface area contributed by atoms with Gasteiger partial charge in [-0.1, -0.05) is 0 Å². The predicted molar refractivity (Wildman–Crippen MR) is 80.3 cm³/mol. The zero-order valence-corrected chi connectivity index (χ0v) is 13.5. The quantitative estimate of drug-likeness (QED) is 0.750. The van der Waals surface area contributed by atoms with Crippen LogP contribution >= 0.6 is 0 Å². The molecule has 0 aromatic carbocycles. The molecule has 2 heterocycles. The number of hydrogen-bond acceptors (Lipinski definition) is 5. The number of likely N-dealkylation sites (N-methyl/N-ethyl adjacent to an activating group) is 1. The van der Waals surface area contributed by atoms with Crippen molar-refractivity contribution in [2.24, 2.45) is 0 Å². The molecule has 22 heavy (non-hydrogen) atoms. The Morgan fingerprint density at radius 3 is 2.64 bits per heavy atom. The number of fused-ring (bicyclic) bond motifs is 1. The van der Waals surface area contributed by atoms with Crippen LogP contribution < -0.4 is 5.32 Å². The number of carbonyl (C=O) groups is 3. The van der Waals surface area contributed by atoms with Gasteiger partial charge < -0.3 is 19.9 Å². The first kappa shape index (κ1) is 16.9. The third-order valence-corrected chi connectivity index (χ3v) is 4.57. The summed E-state index contributed by atoms with van der Waals surface area (Å²) in [4.78, 5) is 40.3. The number of Topliss-reactive ketones (excluding diaryl/α,β-unsaturated/α-hetero) is 1. The number of nitrogens with one attached hydrogen (secondary N) is 1. The monoisotopic (exact) mass is 311 g/mol. The smallest absolute Gasteiger partial charge is 0.248 e. The summed E-state index contributed by atoms with van der Waals surface area (Å²) < 4.78 is 4.92. The van der Waals surface area contributed by atoms with E-state index in [1.54, 1.807) is 16.8 Å². The minimum Gasteiger partial charge on any atom is -0.375 e. The third kappa shape index (κ3) is 3.30. The van der Waals surface area contributed by atoms with E-state index in [0.29, 0.717) is 19.5 Å². The molecule has 2 amide bonds. The molecule has 2 aliphatic heterocycles. The largest absolute Gasteiger partial charge is 0.375 e. The second-order valence-electron chi connectivity index (χ2n) is 6.03. The van der Waals surface area contributed by atoms with Crippen LogP contribution in [0.1, 0.15) is 26.2 Å². The Labute approximate surface area is 131 Å². The molecule has 3 atom stereocenters. The molecule has 0 aliphatic carbocycles. The predicted octanol–water partition coefficient (Wildman–Crippen LogP) is -0.598. The van der Waals surface area contributed by atoms with Crippen LogP contribution in [-0.2, 0) is 19.1 Å². The number of amides is 2. The number of carbonyl (C=O) groups excluding carboxylic acids is 3. The van der Waals surface area contributed by atoms with Crippen LogP contribution in [-0.4, -0.2) is 79.4 Å². The fourth-order valence-electron chi connectivity index (χ4n) is 3.43. The Balaban J connectivity index is 2.28. The van der Waals surface area contributed by atoms with E-state index < -0.39 is 6.04 Å². The standard InChI is InChI=1S/C15H25N3O4/c1-10(19)13-6-4-5-11-7-17(14(20)9-22-3)8-12(16-2)15(21)18(11)13/h11-13,16H,4-9H2,1-3H3/t11?,12?,13-/m0/s1. The van der Waals surface area contributed by atoms with E-state index in [1.165, 1.54) is 14.0 Å². The lowest BCUT2D eigenvalue weighted by molar-refractivity contribution is -0.144. The molecule has 0 aromatic rings. The first-order valence-electron chi connectivity index (χ1n) is 7.76. The Kier molecular flexibility index (Phi) is 5.52. The summed E-state index contributed by atoms with van der Waals surface area (Å²) in [5, 5.41) is 2.98. The molecule has 7 heteroatoms. The molecule has 0 aromatic heterocycles. The fraction of sp³-hybridized carbons (Fsp3) is 0.800. The van der Waals surface area contributed by atoms with E-state index in [0.717, 1.165) is 12.8 Å². The van der Waals surface area contributed by atoms with Gasteiger partial charge in [-0.3, -0.25) is 14.4 Å².